The van der Waals surface area contributed by atoms with E-state index in [0.29, 0.717) is 12.4 Å². The van der Waals surface area contributed by atoms with Crippen molar-refractivity contribution in [3.05, 3.63) is 48.8 Å². The fraction of sp³-hybridized carbons (Fsp3) is 0.522. The van der Waals surface area contributed by atoms with Gasteiger partial charge in [-0.25, -0.2) is 4.98 Å². The molecule has 1 unspecified atom stereocenters. The fourth-order valence-corrected chi connectivity index (χ4v) is 4.13. The number of aromatic nitrogens is 2. The molecule has 166 valence electrons. The zero-order valence-electron chi connectivity index (χ0n) is 19.2. The molecule has 3 heterocycles. The van der Waals surface area contributed by atoms with E-state index in [2.05, 4.69) is 62.1 Å². The van der Waals surface area contributed by atoms with Crippen LogP contribution >= 0.6 is 0 Å². The summed E-state index contributed by atoms with van der Waals surface area (Å²) in [7, 11) is 1.21. The molecule has 0 amide bonds. The monoisotopic (exact) mass is 424 g/mol. The van der Waals surface area contributed by atoms with Gasteiger partial charge in [-0.3, -0.25) is 0 Å². The zero-order chi connectivity index (χ0) is 22.4. The highest BCUT2D eigenvalue weighted by atomic mass is 16.7. The number of fused-ring (bicyclic) bond motifs is 1. The molecule has 1 aromatic carbocycles. The first-order chi connectivity index (χ1) is 14.6. The Labute approximate surface area is 185 Å². The molecule has 2 N–H and O–H groups in total. The van der Waals surface area contributed by atoms with Gasteiger partial charge in [-0.05, 0) is 64.7 Å². The maximum absolute atomic E-state index is 6.21. The first-order valence-electron chi connectivity index (χ1n) is 10.9. The number of nitrogens with zero attached hydrogens (tertiary/aromatic N) is 2. The molecule has 0 radical (unpaired) electrons. The number of aromatic amines is 1. The van der Waals surface area contributed by atoms with Crippen molar-refractivity contribution in [2.75, 3.05) is 20.2 Å². The minimum Gasteiger partial charge on any atom is -0.483 e. The van der Waals surface area contributed by atoms with Crippen LogP contribution in [0.25, 0.3) is 11.0 Å². The topological polar surface area (TPSA) is 71.6 Å². The van der Waals surface area contributed by atoms with Crippen LogP contribution in [0.2, 0.25) is 0 Å². The molecule has 2 fully saturated rings. The Balaban J connectivity index is 1.53. The highest BCUT2D eigenvalue weighted by Gasteiger charge is 2.51. The molecule has 1 aromatic heterocycles. The summed E-state index contributed by atoms with van der Waals surface area (Å²) in [5.41, 5.74) is 3.21. The summed E-state index contributed by atoms with van der Waals surface area (Å²) < 4.78 is 17.5. The maximum Gasteiger partial charge on any atom is 0.494 e. The van der Waals surface area contributed by atoms with Gasteiger partial charge in [-0.2, -0.15) is 0 Å². The molecule has 4 rings (SSSR count). The number of hydrogen-bond acceptors (Lipinski definition) is 6. The standard InChI is InChI=1S/C23H33BN4O3/c1-15(14-25-16(2)29-7)28-12-8-9-20(28)21-26-18-11-10-17(13-19(18)27-21)24-30-22(3,4)23(5,6)31-24/h10-11,13,20,25H,1-2,8-9,12,14H2,3-7H3,(H,26,27). The van der Waals surface area contributed by atoms with Gasteiger partial charge in [-0.1, -0.05) is 12.6 Å². The lowest BCUT2D eigenvalue weighted by atomic mass is 9.79. The van der Waals surface area contributed by atoms with Crippen LogP contribution in [0.15, 0.2) is 42.9 Å². The second kappa shape index (κ2) is 7.91. The molecule has 2 aromatic rings. The summed E-state index contributed by atoms with van der Waals surface area (Å²) in [4.78, 5) is 10.7. The van der Waals surface area contributed by atoms with Gasteiger partial charge < -0.3 is 29.2 Å². The molecule has 0 bridgehead atoms. The molecule has 2 saturated heterocycles. The predicted molar refractivity (Wildman–Crippen MR) is 124 cm³/mol. The summed E-state index contributed by atoms with van der Waals surface area (Å²) in [6.45, 7) is 17.9. The van der Waals surface area contributed by atoms with Crippen LogP contribution in [0.1, 0.15) is 52.4 Å². The first-order valence-corrected chi connectivity index (χ1v) is 10.9. The molecule has 7 nitrogen and oxygen atoms in total. The van der Waals surface area contributed by atoms with Crippen molar-refractivity contribution >= 4 is 23.6 Å². The minimum absolute atomic E-state index is 0.179. The third kappa shape index (κ3) is 4.06. The normalized spacial score (nSPS) is 22.2. The number of ether oxygens (including phenoxy) is 1. The Bertz CT molecular complexity index is 984. The Kier molecular flexibility index (Phi) is 5.56. The van der Waals surface area contributed by atoms with Crippen LogP contribution in [0.3, 0.4) is 0 Å². The number of H-pyrrole nitrogens is 1. The van der Waals surface area contributed by atoms with Crippen molar-refractivity contribution in [3.63, 3.8) is 0 Å². The van der Waals surface area contributed by atoms with E-state index in [9.17, 15) is 0 Å². The van der Waals surface area contributed by atoms with Gasteiger partial charge in [0.25, 0.3) is 0 Å². The number of methoxy groups -OCH3 is 1. The lowest BCUT2D eigenvalue weighted by Gasteiger charge is -2.32. The average molecular weight is 424 g/mol. The Morgan fingerprint density at radius 2 is 2.00 bits per heavy atom. The van der Waals surface area contributed by atoms with Gasteiger partial charge >= 0.3 is 7.12 Å². The summed E-state index contributed by atoms with van der Waals surface area (Å²) in [5.74, 6) is 1.50. The van der Waals surface area contributed by atoms with Crippen molar-refractivity contribution in [2.24, 2.45) is 0 Å². The van der Waals surface area contributed by atoms with Crippen LogP contribution in [0.5, 0.6) is 0 Å². The summed E-state index contributed by atoms with van der Waals surface area (Å²) in [6, 6.07) is 6.35. The van der Waals surface area contributed by atoms with Crippen LogP contribution in [0, 0.1) is 0 Å². The molecule has 0 aliphatic carbocycles. The highest BCUT2D eigenvalue weighted by Crippen LogP contribution is 2.37. The molecule has 2 aliphatic rings. The van der Waals surface area contributed by atoms with Crippen LogP contribution in [-0.2, 0) is 14.0 Å². The van der Waals surface area contributed by atoms with Gasteiger partial charge in [0.15, 0.2) is 5.88 Å². The number of benzene rings is 1. The fourth-order valence-electron chi connectivity index (χ4n) is 4.13. The smallest absolute Gasteiger partial charge is 0.483 e. The zero-order valence-corrected chi connectivity index (χ0v) is 19.2. The van der Waals surface area contributed by atoms with E-state index in [1.165, 1.54) is 0 Å². The molecular weight excluding hydrogens is 391 g/mol. The van der Waals surface area contributed by atoms with Crippen molar-refractivity contribution in [1.82, 2.24) is 20.2 Å². The molecule has 8 heteroatoms. The summed E-state index contributed by atoms with van der Waals surface area (Å²) in [5, 5.41) is 3.14. The lowest BCUT2D eigenvalue weighted by Crippen LogP contribution is -2.41. The quantitative estimate of drug-likeness (QED) is 0.526. The highest BCUT2D eigenvalue weighted by molar-refractivity contribution is 6.62. The van der Waals surface area contributed by atoms with E-state index in [1.807, 2.05) is 12.1 Å². The van der Waals surface area contributed by atoms with Gasteiger partial charge in [0.05, 0.1) is 41.9 Å². The predicted octanol–water partition coefficient (Wildman–Crippen LogP) is 3.22. The van der Waals surface area contributed by atoms with Gasteiger partial charge in [0.2, 0.25) is 0 Å². The van der Waals surface area contributed by atoms with Gasteiger partial charge in [0.1, 0.15) is 5.82 Å². The second-order valence-corrected chi connectivity index (χ2v) is 9.39. The van der Waals surface area contributed by atoms with Crippen LogP contribution < -0.4 is 10.8 Å². The number of rotatable bonds is 7. The minimum atomic E-state index is -0.385. The summed E-state index contributed by atoms with van der Waals surface area (Å²) in [6.07, 6.45) is 2.14. The third-order valence-electron chi connectivity index (χ3n) is 6.76. The molecule has 0 spiro atoms. The third-order valence-corrected chi connectivity index (χ3v) is 6.76. The average Bonchev–Trinajstić information content (AvgIpc) is 3.40. The number of hydrogen-bond donors (Lipinski definition) is 2. The molecular formula is C23H33BN4O3. The Morgan fingerprint density at radius 3 is 2.68 bits per heavy atom. The number of imidazole rings is 1. The first kappa shape index (κ1) is 21.8. The number of nitrogens with one attached hydrogen (secondary N) is 2. The molecule has 0 saturated carbocycles. The summed E-state index contributed by atoms with van der Waals surface area (Å²) >= 11 is 0. The van der Waals surface area contributed by atoms with E-state index in [0.717, 1.165) is 47.4 Å². The van der Waals surface area contributed by atoms with E-state index in [4.69, 9.17) is 19.0 Å². The van der Waals surface area contributed by atoms with Gasteiger partial charge in [0, 0.05) is 12.2 Å². The Morgan fingerprint density at radius 1 is 1.29 bits per heavy atom. The van der Waals surface area contributed by atoms with E-state index in [-0.39, 0.29) is 24.4 Å². The van der Waals surface area contributed by atoms with Crippen LogP contribution in [-0.4, -0.2) is 53.4 Å². The largest absolute Gasteiger partial charge is 0.494 e. The van der Waals surface area contributed by atoms with E-state index < -0.39 is 0 Å². The maximum atomic E-state index is 6.21. The van der Waals surface area contributed by atoms with E-state index >= 15 is 0 Å². The Hall–Kier alpha value is -2.45. The number of likely N-dealkylation sites (tertiary alicyclic amines) is 1. The van der Waals surface area contributed by atoms with E-state index in [1.54, 1.807) is 7.11 Å². The van der Waals surface area contributed by atoms with Crippen LogP contribution in [0.4, 0.5) is 0 Å². The van der Waals surface area contributed by atoms with Crippen molar-refractivity contribution in [1.29, 1.82) is 0 Å². The SMILES string of the molecule is C=C(NCC(=C)N1CCCC1c1nc2ccc(B3OC(C)(C)C(C)(C)O3)cc2[nH]1)OC. The van der Waals surface area contributed by atoms with Crippen molar-refractivity contribution < 1.29 is 14.0 Å². The molecule has 1 atom stereocenters. The lowest BCUT2D eigenvalue weighted by molar-refractivity contribution is 0.00578. The van der Waals surface area contributed by atoms with Crippen molar-refractivity contribution in [3.8, 4) is 0 Å². The molecule has 2 aliphatic heterocycles. The van der Waals surface area contributed by atoms with Gasteiger partial charge in [-0.15, -0.1) is 0 Å². The van der Waals surface area contributed by atoms with Crippen molar-refractivity contribution in [2.45, 2.75) is 57.8 Å². The molecule has 31 heavy (non-hydrogen) atoms. The second-order valence-electron chi connectivity index (χ2n) is 9.39.